The fraction of sp³-hybridized carbons (Fsp3) is 0.736. The molecule has 0 aliphatic carbocycles. The number of hydrogen-bond donors (Lipinski definition) is 0. The Hall–Kier alpha value is -1.74. The number of carbonyl (C=O) groups is 4. The van der Waals surface area contributed by atoms with Gasteiger partial charge in [0.05, 0.1) is 43.5 Å². The van der Waals surface area contributed by atoms with Crippen molar-refractivity contribution in [2.45, 2.75) is 153 Å². The average molecular weight is 1150 g/mol. The lowest BCUT2D eigenvalue weighted by Gasteiger charge is -2.36. The van der Waals surface area contributed by atoms with Gasteiger partial charge in [-0.05, 0) is 193 Å². The molecule has 0 fully saturated rings. The van der Waals surface area contributed by atoms with E-state index >= 15 is 0 Å². The van der Waals surface area contributed by atoms with E-state index in [9.17, 15) is 19.2 Å². The number of thioether (sulfide) groups is 4. The molecule has 4 atom stereocenters. The Morgan fingerprint density at radius 1 is 0.431 bits per heavy atom. The maximum absolute atomic E-state index is 14.2. The van der Waals surface area contributed by atoms with Crippen LogP contribution >= 0.6 is 95.9 Å². The second-order valence-electron chi connectivity index (χ2n) is 21.0. The number of benzene rings is 1. The first kappa shape index (κ1) is 68.3. The Kier molecular flexibility index (Phi) is 29.3. The van der Waals surface area contributed by atoms with E-state index in [1.165, 1.54) is 35.3 Å². The van der Waals surface area contributed by atoms with E-state index in [1.54, 1.807) is 87.7 Å². The molecule has 72 heavy (non-hydrogen) atoms. The van der Waals surface area contributed by atoms with E-state index in [0.29, 0.717) is 84.3 Å². The molecular weight excluding hydrogens is 1060 g/mol. The van der Waals surface area contributed by atoms with Crippen LogP contribution in [0.25, 0.3) is 0 Å². The van der Waals surface area contributed by atoms with Crippen LogP contribution in [0.15, 0.2) is 12.1 Å². The van der Waals surface area contributed by atoms with Crippen molar-refractivity contribution >= 4 is 137 Å². The Morgan fingerprint density at radius 2 is 0.625 bits per heavy atom. The van der Waals surface area contributed by atoms with Crippen LogP contribution in [0.3, 0.4) is 0 Å². The average Bonchev–Trinajstić information content (AvgIpc) is 3.22. The van der Waals surface area contributed by atoms with E-state index < -0.39 is 36.7 Å². The van der Waals surface area contributed by atoms with E-state index in [4.69, 9.17) is 63.1 Å². The van der Waals surface area contributed by atoms with Gasteiger partial charge in [0.15, 0.2) is 0 Å². The Morgan fingerprint density at radius 3 is 0.792 bits per heavy atom. The molecule has 0 heterocycles. The Balaban J connectivity index is 4.46. The minimum atomic E-state index is -0.620. The third-order valence-electron chi connectivity index (χ3n) is 12.9. The summed E-state index contributed by atoms with van der Waals surface area (Å²) in [6.07, 6.45) is 4.26. The Bertz CT molecular complexity index is 2040. The second kappa shape index (κ2) is 30.9. The third-order valence-corrected chi connectivity index (χ3v) is 18.6. The van der Waals surface area contributed by atoms with Gasteiger partial charge in [-0.15, -0.1) is 11.8 Å². The van der Waals surface area contributed by atoms with Gasteiger partial charge >= 0.3 is 0 Å². The zero-order chi connectivity index (χ0) is 55.7. The van der Waals surface area contributed by atoms with Crippen LogP contribution in [0.5, 0.6) is 0 Å². The molecule has 0 aromatic heterocycles. The van der Waals surface area contributed by atoms with Crippen LogP contribution < -0.4 is 0 Å². The van der Waals surface area contributed by atoms with Gasteiger partial charge < -0.3 is 33.8 Å². The summed E-state index contributed by atoms with van der Waals surface area (Å²) in [7, 11) is 14.3. The van der Waals surface area contributed by atoms with Crippen LogP contribution in [0.4, 0.5) is 0 Å². The van der Waals surface area contributed by atoms with E-state index in [1.807, 2.05) is 69.2 Å². The van der Waals surface area contributed by atoms with E-state index in [0.717, 1.165) is 26.5 Å². The van der Waals surface area contributed by atoms with Gasteiger partial charge in [0.2, 0.25) is 36.8 Å². The summed E-state index contributed by atoms with van der Waals surface area (Å²) in [5.74, 6) is -1.70. The lowest BCUT2D eigenvalue weighted by Crippen LogP contribution is -2.42. The van der Waals surface area contributed by atoms with E-state index in [-0.39, 0.29) is 29.5 Å². The van der Waals surface area contributed by atoms with Gasteiger partial charge in [-0.3, -0.25) is 19.2 Å². The van der Waals surface area contributed by atoms with Crippen molar-refractivity contribution in [3.63, 3.8) is 0 Å². The highest BCUT2D eigenvalue weighted by molar-refractivity contribution is 8.24. The highest BCUT2D eigenvalue weighted by Crippen LogP contribution is 2.43. The van der Waals surface area contributed by atoms with Crippen LogP contribution in [-0.4, -0.2) is 156 Å². The summed E-state index contributed by atoms with van der Waals surface area (Å²) >= 11 is 28.2. The molecule has 1 aromatic rings. The van der Waals surface area contributed by atoms with Crippen LogP contribution in [0.1, 0.15) is 131 Å². The van der Waals surface area contributed by atoms with Gasteiger partial charge in [-0.1, -0.05) is 59.6 Å². The van der Waals surface area contributed by atoms with Crippen molar-refractivity contribution in [1.82, 2.24) is 19.6 Å². The summed E-state index contributed by atoms with van der Waals surface area (Å²) in [5.41, 5.74) is 4.24. The normalized spacial score (nSPS) is 13.8. The molecule has 11 nitrogen and oxygen atoms in total. The minimum Gasteiger partial charge on any atom is -0.479 e. The maximum atomic E-state index is 14.2. The SMILES string of the molecule is CCOC(=S)SC(C)(C)C(CCc1cc(CCC(C(=O)N(C)C)C(C)(C)SC(=S)OCC)c(CCC(C(=O)N(C)C)C(C)(C)SC(=S)OCC)cc1CCC(C(=O)N(C)C)C(C)(C)SC(C)=S)C(=O)N(C)C. The molecule has 0 N–H and O–H groups in total. The third kappa shape index (κ3) is 21.7. The van der Waals surface area contributed by atoms with E-state index in [2.05, 4.69) is 26.0 Å². The van der Waals surface area contributed by atoms with Gasteiger partial charge in [-0.25, -0.2) is 0 Å². The molecule has 0 spiro atoms. The lowest BCUT2D eigenvalue weighted by molar-refractivity contribution is -0.134. The van der Waals surface area contributed by atoms with Gasteiger partial charge in [-0.2, -0.15) is 0 Å². The van der Waals surface area contributed by atoms with Crippen molar-refractivity contribution < 1.29 is 33.4 Å². The zero-order valence-corrected chi connectivity index (χ0v) is 53.7. The number of ether oxygens (including phenoxy) is 3. The number of thiocarbonyl (C=S) groups is 4. The summed E-state index contributed by atoms with van der Waals surface area (Å²) in [6.45, 7) is 25.3. The quantitative estimate of drug-likeness (QED) is 0.0779. The highest BCUT2D eigenvalue weighted by atomic mass is 32.2. The predicted octanol–water partition coefficient (Wildman–Crippen LogP) is 11.6. The van der Waals surface area contributed by atoms with Crippen molar-refractivity contribution in [1.29, 1.82) is 0 Å². The van der Waals surface area contributed by atoms with Gasteiger partial charge in [0, 0.05) is 79.6 Å². The number of carbonyl (C=O) groups excluding carboxylic acids is 4. The zero-order valence-electron chi connectivity index (χ0n) is 47.2. The second-order valence-corrected chi connectivity index (χ2v) is 30.6. The molecule has 1 rings (SSSR count). The molecule has 0 saturated carbocycles. The molecule has 0 aliphatic heterocycles. The van der Waals surface area contributed by atoms with Crippen molar-refractivity contribution in [3.8, 4) is 0 Å². The van der Waals surface area contributed by atoms with Crippen molar-refractivity contribution in [2.75, 3.05) is 76.2 Å². The maximum Gasteiger partial charge on any atom is 0.226 e. The molecule has 410 valence electrons. The van der Waals surface area contributed by atoms with Gasteiger partial charge in [0.1, 0.15) is 0 Å². The fourth-order valence-corrected chi connectivity index (χ4v) is 15.9. The largest absolute Gasteiger partial charge is 0.479 e. The number of aryl methyl sites for hydroxylation is 4. The molecule has 0 radical (unpaired) electrons. The highest BCUT2D eigenvalue weighted by Gasteiger charge is 2.42. The molecule has 4 amide bonds. The topological polar surface area (TPSA) is 109 Å². The molecule has 0 bridgehead atoms. The first-order chi connectivity index (χ1) is 33.1. The van der Waals surface area contributed by atoms with Crippen molar-refractivity contribution in [3.05, 3.63) is 34.4 Å². The number of rotatable bonds is 27. The molecular formula is C53H88N4O7S8. The van der Waals surface area contributed by atoms with Crippen molar-refractivity contribution in [2.24, 2.45) is 23.7 Å². The van der Waals surface area contributed by atoms with Crippen LogP contribution in [0, 0.1) is 23.7 Å². The first-order valence-corrected chi connectivity index (χ1v) is 29.7. The number of nitrogens with zero attached hydrogens (tertiary/aromatic N) is 4. The molecule has 4 unspecified atom stereocenters. The number of hydrogen-bond acceptors (Lipinski definition) is 15. The van der Waals surface area contributed by atoms with Crippen LogP contribution in [0.2, 0.25) is 0 Å². The first-order valence-electron chi connectivity index (χ1n) is 24.8. The lowest BCUT2D eigenvalue weighted by atomic mass is 9.80. The fourth-order valence-electron chi connectivity index (χ4n) is 8.98. The monoisotopic (exact) mass is 1150 g/mol. The summed E-state index contributed by atoms with van der Waals surface area (Å²) < 4.78 is 16.8. The Labute approximate surface area is 474 Å². The molecule has 0 saturated heterocycles. The summed E-state index contributed by atoms with van der Waals surface area (Å²) in [5, 5.41) is 0. The summed E-state index contributed by atoms with van der Waals surface area (Å²) in [6, 6.07) is 4.54. The minimum absolute atomic E-state index is 0.00760. The number of amides is 4. The molecule has 1 aromatic carbocycles. The molecule has 0 aliphatic rings. The van der Waals surface area contributed by atoms with Gasteiger partial charge in [0.25, 0.3) is 0 Å². The molecule has 19 heteroatoms. The predicted molar refractivity (Wildman–Crippen MR) is 326 cm³/mol. The summed E-state index contributed by atoms with van der Waals surface area (Å²) in [4.78, 5) is 63.4. The van der Waals surface area contributed by atoms with Crippen LogP contribution in [-0.2, 0) is 59.1 Å². The smallest absolute Gasteiger partial charge is 0.226 e. The standard InChI is InChI=1S/C53H88N4O7S8/c1-21-62-47(66)70-51(7,8)40(44(59)55(15)16)29-25-36-33-38(27-31-42(46(61)57(19)20)53(11,12)72-49(68)64-23-3)37(26-30-41(45(60)56(17)18)52(9,10)71-48(67)63-22-2)32-35(36)24-28-39(43(58)54(13)14)50(5,6)69-34(4)65/h32-33,39-42H,21-31H2,1-20H3.